The van der Waals surface area contributed by atoms with Crippen LogP contribution in [0.3, 0.4) is 0 Å². The molecule has 3 unspecified atom stereocenters. The maximum Gasteiger partial charge on any atom is 0.265 e. The van der Waals surface area contributed by atoms with Crippen molar-refractivity contribution < 1.29 is 4.79 Å². The highest BCUT2D eigenvalue weighted by molar-refractivity contribution is 7.18. The first-order valence-electron chi connectivity index (χ1n) is 7.72. The third kappa shape index (κ3) is 3.48. The van der Waals surface area contributed by atoms with Gasteiger partial charge < -0.3 is 16.0 Å². The molecule has 1 heterocycles. The zero-order valence-corrected chi connectivity index (χ0v) is 14.2. The average molecular weight is 310 g/mol. The number of hydrogen-bond donors (Lipinski definition) is 2. The molecule has 1 aromatic heterocycles. The fourth-order valence-electron chi connectivity index (χ4n) is 2.80. The van der Waals surface area contributed by atoms with Crippen molar-refractivity contribution in [2.24, 2.45) is 11.8 Å². The van der Waals surface area contributed by atoms with Crippen LogP contribution in [0.25, 0.3) is 0 Å². The van der Waals surface area contributed by atoms with Gasteiger partial charge in [0.05, 0.1) is 0 Å². The van der Waals surface area contributed by atoms with Gasteiger partial charge in [-0.2, -0.15) is 0 Å². The lowest BCUT2D eigenvalue weighted by molar-refractivity contribution is 0.0896. The van der Waals surface area contributed by atoms with Gasteiger partial charge in [0.25, 0.3) is 5.91 Å². The number of carbonyl (C=O) groups excluding carboxylic acids is 1. The molecule has 1 fully saturated rings. The number of rotatable bonds is 4. The number of thiazole rings is 1. The second-order valence-corrected chi connectivity index (χ2v) is 7.05. The van der Waals surface area contributed by atoms with E-state index >= 15 is 0 Å². The standard InChI is InChI=1S/C15H26N4OS/c1-5-19(4)15-18-13(16)12(21-15)14(20)17-11-8-6-7-9(2)10(11)3/h9-11H,5-8,16H2,1-4H3,(H,17,20). The summed E-state index contributed by atoms with van der Waals surface area (Å²) in [5.74, 6) is 1.43. The number of aromatic nitrogens is 1. The number of nitrogens with one attached hydrogen (secondary N) is 1. The van der Waals surface area contributed by atoms with Crippen LogP contribution in [0.15, 0.2) is 0 Å². The molecule has 3 N–H and O–H groups in total. The Morgan fingerprint density at radius 3 is 2.86 bits per heavy atom. The summed E-state index contributed by atoms with van der Waals surface area (Å²) in [6, 6.07) is 0.245. The van der Waals surface area contributed by atoms with Crippen molar-refractivity contribution in [1.82, 2.24) is 10.3 Å². The van der Waals surface area contributed by atoms with Gasteiger partial charge in [-0.1, -0.05) is 38.0 Å². The third-order valence-corrected chi connectivity index (χ3v) is 5.86. The predicted molar refractivity (Wildman–Crippen MR) is 88.9 cm³/mol. The van der Waals surface area contributed by atoms with Gasteiger partial charge in [-0.15, -0.1) is 0 Å². The van der Waals surface area contributed by atoms with E-state index in [1.807, 2.05) is 18.9 Å². The maximum absolute atomic E-state index is 12.5. The summed E-state index contributed by atoms with van der Waals surface area (Å²) < 4.78 is 0. The molecular weight excluding hydrogens is 284 g/mol. The van der Waals surface area contributed by atoms with E-state index in [9.17, 15) is 4.79 Å². The number of hydrogen-bond acceptors (Lipinski definition) is 5. The van der Waals surface area contributed by atoms with E-state index in [-0.39, 0.29) is 11.9 Å². The van der Waals surface area contributed by atoms with Crippen LogP contribution in [0.2, 0.25) is 0 Å². The number of nitrogen functional groups attached to an aromatic ring is 1. The fourth-order valence-corrected chi connectivity index (χ4v) is 3.71. The topological polar surface area (TPSA) is 71.2 Å². The van der Waals surface area contributed by atoms with Crippen LogP contribution in [0.1, 0.15) is 49.7 Å². The average Bonchev–Trinajstić information content (AvgIpc) is 2.85. The molecule has 0 bridgehead atoms. The second-order valence-electron chi connectivity index (χ2n) is 6.07. The number of anilines is 2. The van der Waals surface area contributed by atoms with Crippen molar-refractivity contribution in [2.45, 2.75) is 46.1 Å². The highest BCUT2D eigenvalue weighted by Gasteiger charge is 2.29. The summed E-state index contributed by atoms with van der Waals surface area (Å²) >= 11 is 1.37. The van der Waals surface area contributed by atoms with Crippen molar-refractivity contribution in [2.75, 3.05) is 24.2 Å². The molecule has 118 valence electrons. The van der Waals surface area contributed by atoms with E-state index in [2.05, 4.69) is 24.1 Å². The van der Waals surface area contributed by atoms with Crippen molar-refractivity contribution >= 4 is 28.2 Å². The van der Waals surface area contributed by atoms with Crippen LogP contribution < -0.4 is 16.0 Å². The highest BCUT2D eigenvalue weighted by atomic mass is 32.1. The molecule has 21 heavy (non-hydrogen) atoms. The lowest BCUT2D eigenvalue weighted by Crippen LogP contribution is -2.43. The molecule has 0 radical (unpaired) electrons. The molecule has 1 amide bonds. The van der Waals surface area contributed by atoms with Crippen LogP contribution in [-0.2, 0) is 0 Å². The fraction of sp³-hybridized carbons (Fsp3) is 0.733. The summed E-state index contributed by atoms with van der Waals surface area (Å²) in [6.45, 7) is 7.37. The van der Waals surface area contributed by atoms with Gasteiger partial charge in [0.15, 0.2) is 5.13 Å². The monoisotopic (exact) mass is 310 g/mol. The van der Waals surface area contributed by atoms with E-state index in [0.29, 0.717) is 22.5 Å². The SMILES string of the molecule is CCN(C)c1nc(N)c(C(=O)NC2CCCC(C)C2C)s1. The molecular formula is C15H26N4OS. The van der Waals surface area contributed by atoms with Crippen LogP contribution >= 0.6 is 11.3 Å². The first-order valence-corrected chi connectivity index (χ1v) is 8.54. The minimum Gasteiger partial charge on any atom is -0.382 e. The lowest BCUT2D eigenvalue weighted by atomic mass is 9.78. The van der Waals surface area contributed by atoms with Gasteiger partial charge >= 0.3 is 0 Å². The Hall–Kier alpha value is -1.30. The Kier molecular flexibility index (Phi) is 5.08. The van der Waals surface area contributed by atoms with Crippen molar-refractivity contribution in [3.05, 3.63) is 4.88 Å². The molecule has 1 aliphatic carbocycles. The largest absolute Gasteiger partial charge is 0.382 e. The quantitative estimate of drug-likeness (QED) is 0.897. The zero-order chi connectivity index (χ0) is 15.6. The molecule has 0 saturated heterocycles. The van der Waals surface area contributed by atoms with Crippen LogP contribution in [-0.4, -0.2) is 30.5 Å². The Morgan fingerprint density at radius 2 is 2.19 bits per heavy atom. The summed E-state index contributed by atoms with van der Waals surface area (Å²) in [5, 5.41) is 3.96. The van der Waals surface area contributed by atoms with Crippen molar-refractivity contribution in [3.8, 4) is 0 Å². The van der Waals surface area contributed by atoms with E-state index < -0.39 is 0 Å². The lowest BCUT2D eigenvalue weighted by Gasteiger charge is -2.34. The number of amides is 1. The van der Waals surface area contributed by atoms with Crippen molar-refractivity contribution in [1.29, 1.82) is 0 Å². The minimum absolute atomic E-state index is 0.0771. The normalized spacial score (nSPS) is 25.6. The minimum atomic E-state index is -0.0771. The summed E-state index contributed by atoms with van der Waals surface area (Å²) in [4.78, 5) is 19.3. The molecule has 1 aliphatic rings. The van der Waals surface area contributed by atoms with Crippen molar-refractivity contribution in [3.63, 3.8) is 0 Å². The van der Waals surface area contributed by atoms with Gasteiger partial charge in [-0.05, 0) is 25.2 Å². The molecule has 0 aliphatic heterocycles. The second kappa shape index (κ2) is 6.64. The molecule has 6 heteroatoms. The summed E-state index contributed by atoms with van der Waals surface area (Å²) in [7, 11) is 1.95. The van der Waals surface area contributed by atoms with Crippen LogP contribution in [0.4, 0.5) is 10.9 Å². The van der Waals surface area contributed by atoms with Crippen LogP contribution in [0, 0.1) is 11.8 Å². The smallest absolute Gasteiger partial charge is 0.265 e. The predicted octanol–water partition coefficient (Wildman–Crippen LogP) is 2.74. The Labute approximate surface area is 130 Å². The van der Waals surface area contributed by atoms with E-state index in [1.165, 1.54) is 24.2 Å². The van der Waals surface area contributed by atoms with Gasteiger partial charge in [-0.3, -0.25) is 4.79 Å². The number of nitrogens with two attached hydrogens (primary N) is 1. The van der Waals surface area contributed by atoms with Gasteiger partial charge in [-0.25, -0.2) is 4.98 Å². The highest BCUT2D eigenvalue weighted by Crippen LogP contribution is 2.31. The van der Waals surface area contributed by atoms with Crippen LogP contribution in [0.5, 0.6) is 0 Å². The molecule has 2 rings (SSSR count). The molecule has 1 aromatic rings. The molecule has 0 aromatic carbocycles. The zero-order valence-electron chi connectivity index (χ0n) is 13.3. The maximum atomic E-state index is 12.5. The third-order valence-electron chi connectivity index (χ3n) is 4.67. The van der Waals surface area contributed by atoms with E-state index in [1.54, 1.807) is 0 Å². The first-order chi connectivity index (χ1) is 9.93. The number of carbonyl (C=O) groups is 1. The summed E-state index contributed by atoms with van der Waals surface area (Å²) in [6.07, 6.45) is 3.48. The Morgan fingerprint density at radius 1 is 1.48 bits per heavy atom. The molecule has 0 spiro atoms. The molecule has 1 saturated carbocycles. The van der Waals surface area contributed by atoms with Gasteiger partial charge in [0, 0.05) is 19.6 Å². The Balaban J connectivity index is 2.08. The first kappa shape index (κ1) is 16.1. The number of nitrogens with zero attached hydrogens (tertiary/aromatic N) is 2. The van der Waals surface area contributed by atoms with Gasteiger partial charge in [0.1, 0.15) is 10.7 Å². The van der Waals surface area contributed by atoms with E-state index in [4.69, 9.17) is 5.73 Å². The Bertz CT molecular complexity index is 502. The summed E-state index contributed by atoms with van der Waals surface area (Å²) in [5.41, 5.74) is 5.91. The molecule has 5 nitrogen and oxygen atoms in total. The van der Waals surface area contributed by atoms with E-state index in [0.717, 1.165) is 18.1 Å². The molecule has 3 atom stereocenters. The van der Waals surface area contributed by atoms with Gasteiger partial charge in [0.2, 0.25) is 0 Å².